The van der Waals surface area contributed by atoms with Crippen molar-refractivity contribution in [2.45, 2.75) is 26.7 Å². The molecule has 0 bridgehead atoms. The molecule has 1 heterocycles. The zero-order valence-corrected chi connectivity index (χ0v) is 15.6. The number of para-hydroxylation sites is 1. The lowest BCUT2D eigenvalue weighted by atomic mass is 10.2. The molecule has 0 aliphatic carbocycles. The molecule has 0 saturated heterocycles. The Labute approximate surface area is 158 Å². The highest BCUT2D eigenvalue weighted by Crippen LogP contribution is 2.22. The van der Waals surface area contributed by atoms with E-state index in [0.29, 0.717) is 12.2 Å². The van der Waals surface area contributed by atoms with Gasteiger partial charge in [0, 0.05) is 17.8 Å². The number of nitrogens with one attached hydrogen (secondary N) is 1. The number of carbonyl (C=O) groups is 2. The van der Waals surface area contributed by atoms with Crippen molar-refractivity contribution in [3.8, 4) is 5.69 Å². The van der Waals surface area contributed by atoms with Crippen LogP contribution in [0.2, 0.25) is 0 Å². The van der Waals surface area contributed by atoms with E-state index >= 15 is 0 Å². The number of imidazole rings is 1. The Bertz CT molecular complexity index is 948. The number of hydrogen-bond acceptors (Lipinski definition) is 4. The fraction of sp³-hybridized carbons (Fsp3) is 0.286. The van der Waals surface area contributed by atoms with Gasteiger partial charge in [0.05, 0.1) is 24.1 Å². The van der Waals surface area contributed by atoms with Crippen LogP contribution in [0.3, 0.4) is 0 Å². The number of aromatic nitrogens is 2. The number of carbonyl (C=O) groups excluding carboxylic acids is 2. The summed E-state index contributed by atoms with van der Waals surface area (Å²) in [5.41, 5.74) is 3.24. The summed E-state index contributed by atoms with van der Waals surface area (Å²) in [6, 6.07) is 15.4. The third-order valence-corrected chi connectivity index (χ3v) is 4.18. The highest BCUT2D eigenvalue weighted by molar-refractivity contribution is 5.97. The monoisotopic (exact) mass is 365 g/mol. The summed E-state index contributed by atoms with van der Waals surface area (Å²) in [6.45, 7) is 4.53. The number of hydrogen-bond donors (Lipinski definition) is 1. The number of esters is 1. The highest BCUT2D eigenvalue weighted by atomic mass is 16.5. The summed E-state index contributed by atoms with van der Waals surface area (Å²) in [7, 11) is 0. The van der Waals surface area contributed by atoms with Crippen LogP contribution in [-0.2, 0) is 9.53 Å². The fourth-order valence-corrected chi connectivity index (χ4v) is 2.91. The van der Waals surface area contributed by atoms with Gasteiger partial charge in [-0.2, -0.15) is 0 Å². The summed E-state index contributed by atoms with van der Waals surface area (Å²) in [6.07, 6.45) is 0.947. The first kappa shape index (κ1) is 18.6. The Balaban J connectivity index is 1.72. The van der Waals surface area contributed by atoms with Gasteiger partial charge in [-0.3, -0.25) is 14.2 Å². The maximum Gasteiger partial charge on any atom is 0.307 e. The maximum atomic E-state index is 12.3. The second-order valence-corrected chi connectivity index (χ2v) is 6.26. The third-order valence-electron chi connectivity index (χ3n) is 4.18. The summed E-state index contributed by atoms with van der Waals surface area (Å²) >= 11 is 0. The number of rotatable bonds is 7. The van der Waals surface area contributed by atoms with Crippen LogP contribution in [0.15, 0.2) is 48.5 Å². The van der Waals surface area contributed by atoms with Gasteiger partial charge in [0.25, 0.3) is 5.91 Å². The molecule has 6 nitrogen and oxygen atoms in total. The Morgan fingerprint density at radius 3 is 2.67 bits per heavy atom. The molecule has 0 unspecified atom stereocenters. The molecule has 1 amide bonds. The molecule has 0 aliphatic rings. The number of aryl methyl sites for hydroxylation is 1. The summed E-state index contributed by atoms with van der Waals surface area (Å²) in [4.78, 5) is 28.4. The van der Waals surface area contributed by atoms with Crippen molar-refractivity contribution in [1.29, 1.82) is 0 Å². The van der Waals surface area contributed by atoms with E-state index in [1.807, 2.05) is 50.2 Å². The zero-order valence-electron chi connectivity index (χ0n) is 15.6. The van der Waals surface area contributed by atoms with Gasteiger partial charge in [0.1, 0.15) is 5.82 Å². The average molecular weight is 365 g/mol. The molecule has 0 saturated carbocycles. The van der Waals surface area contributed by atoms with Crippen LogP contribution < -0.4 is 5.32 Å². The molecular weight excluding hydrogens is 342 g/mol. The van der Waals surface area contributed by atoms with E-state index < -0.39 is 0 Å². The lowest BCUT2D eigenvalue weighted by Gasteiger charge is -2.07. The number of benzene rings is 2. The van der Waals surface area contributed by atoms with Crippen molar-refractivity contribution in [2.24, 2.45) is 0 Å². The van der Waals surface area contributed by atoms with Gasteiger partial charge in [0.2, 0.25) is 0 Å². The van der Waals surface area contributed by atoms with Crippen molar-refractivity contribution in [2.75, 3.05) is 13.2 Å². The number of ether oxygens (including phenoxy) is 1. The van der Waals surface area contributed by atoms with E-state index in [1.54, 1.807) is 12.1 Å². The maximum absolute atomic E-state index is 12.3. The molecule has 0 radical (unpaired) electrons. The van der Waals surface area contributed by atoms with Crippen LogP contribution in [0.4, 0.5) is 0 Å². The SMILES string of the molecule is CCCOC(=O)CCNC(=O)c1ccc2c(c1)nc(C)n2-c1ccccc1. The fourth-order valence-electron chi connectivity index (χ4n) is 2.91. The van der Waals surface area contributed by atoms with Crippen LogP contribution in [0.1, 0.15) is 35.9 Å². The van der Waals surface area contributed by atoms with Gasteiger partial charge in [-0.25, -0.2) is 4.98 Å². The molecular formula is C21H23N3O3. The predicted molar refractivity (Wildman–Crippen MR) is 104 cm³/mol. The Morgan fingerprint density at radius 2 is 1.93 bits per heavy atom. The van der Waals surface area contributed by atoms with Crippen molar-refractivity contribution in [3.63, 3.8) is 0 Å². The lowest BCUT2D eigenvalue weighted by Crippen LogP contribution is -2.26. The standard InChI is InChI=1S/C21H23N3O3/c1-3-13-27-20(25)11-12-22-21(26)16-9-10-19-18(14-16)23-15(2)24(19)17-7-5-4-6-8-17/h4-10,14H,3,11-13H2,1-2H3,(H,22,26). The first-order valence-corrected chi connectivity index (χ1v) is 9.08. The molecule has 3 rings (SSSR count). The van der Waals surface area contributed by atoms with E-state index in [4.69, 9.17) is 4.74 Å². The Hall–Kier alpha value is -3.15. The van der Waals surface area contributed by atoms with Gasteiger partial charge < -0.3 is 10.1 Å². The molecule has 3 aromatic rings. The summed E-state index contributed by atoms with van der Waals surface area (Å²) in [5, 5.41) is 2.75. The Morgan fingerprint density at radius 1 is 1.15 bits per heavy atom. The van der Waals surface area contributed by atoms with Gasteiger partial charge in [-0.15, -0.1) is 0 Å². The third kappa shape index (κ3) is 4.34. The molecule has 2 aromatic carbocycles. The predicted octanol–water partition coefficient (Wildman–Crippen LogP) is 3.41. The minimum Gasteiger partial charge on any atom is -0.466 e. The van der Waals surface area contributed by atoms with Crippen LogP contribution in [0, 0.1) is 6.92 Å². The number of fused-ring (bicyclic) bond motifs is 1. The summed E-state index contributed by atoms with van der Waals surface area (Å²) < 4.78 is 7.05. The first-order valence-electron chi connectivity index (χ1n) is 9.08. The Kier molecular flexibility index (Phi) is 5.86. The van der Waals surface area contributed by atoms with Gasteiger partial charge in [-0.1, -0.05) is 25.1 Å². The molecule has 140 valence electrons. The minimum absolute atomic E-state index is 0.162. The normalized spacial score (nSPS) is 10.7. The molecule has 1 aromatic heterocycles. The van der Waals surface area contributed by atoms with Gasteiger partial charge in [-0.05, 0) is 43.7 Å². The van der Waals surface area contributed by atoms with Crippen molar-refractivity contribution < 1.29 is 14.3 Å². The molecule has 6 heteroatoms. The molecule has 0 aliphatic heterocycles. The van der Waals surface area contributed by atoms with Crippen LogP contribution >= 0.6 is 0 Å². The summed E-state index contributed by atoms with van der Waals surface area (Å²) in [5.74, 6) is 0.323. The van der Waals surface area contributed by atoms with Crippen LogP contribution in [0.25, 0.3) is 16.7 Å². The van der Waals surface area contributed by atoms with E-state index in [-0.39, 0.29) is 24.8 Å². The lowest BCUT2D eigenvalue weighted by molar-refractivity contribution is -0.143. The van der Waals surface area contributed by atoms with Crippen molar-refractivity contribution in [3.05, 3.63) is 59.9 Å². The molecule has 0 spiro atoms. The smallest absolute Gasteiger partial charge is 0.307 e. The second-order valence-electron chi connectivity index (χ2n) is 6.26. The number of nitrogens with zero attached hydrogens (tertiary/aromatic N) is 2. The number of amides is 1. The first-order chi connectivity index (χ1) is 13.1. The van der Waals surface area contributed by atoms with Crippen LogP contribution in [0.5, 0.6) is 0 Å². The van der Waals surface area contributed by atoms with Gasteiger partial charge >= 0.3 is 5.97 Å². The minimum atomic E-state index is -0.301. The molecule has 27 heavy (non-hydrogen) atoms. The second kappa shape index (κ2) is 8.49. The van der Waals surface area contributed by atoms with Gasteiger partial charge in [0.15, 0.2) is 0 Å². The topological polar surface area (TPSA) is 73.2 Å². The zero-order chi connectivity index (χ0) is 19.2. The van der Waals surface area contributed by atoms with E-state index in [0.717, 1.165) is 29.0 Å². The quantitative estimate of drug-likeness (QED) is 0.651. The van der Waals surface area contributed by atoms with E-state index in [1.165, 1.54) is 0 Å². The largest absolute Gasteiger partial charge is 0.466 e. The van der Waals surface area contributed by atoms with E-state index in [2.05, 4.69) is 14.9 Å². The molecule has 0 fully saturated rings. The average Bonchev–Trinajstić information content (AvgIpc) is 3.01. The van der Waals surface area contributed by atoms with E-state index in [9.17, 15) is 9.59 Å². The molecule has 0 atom stereocenters. The highest BCUT2D eigenvalue weighted by Gasteiger charge is 2.13. The van der Waals surface area contributed by atoms with Crippen LogP contribution in [-0.4, -0.2) is 34.6 Å². The van der Waals surface area contributed by atoms with Crippen molar-refractivity contribution in [1.82, 2.24) is 14.9 Å². The van der Waals surface area contributed by atoms with Crippen molar-refractivity contribution >= 4 is 22.9 Å². The molecule has 1 N–H and O–H groups in total.